The van der Waals surface area contributed by atoms with Crippen LogP contribution in [0.25, 0.3) is 0 Å². The van der Waals surface area contributed by atoms with Crippen molar-refractivity contribution in [1.82, 2.24) is 10.2 Å². The highest BCUT2D eigenvalue weighted by molar-refractivity contribution is 7.92. The standard InChI is InChI=1S/C28H30Cl2FN3O4S/c1-4-26(28(36)32-5-2)33(17-20-8-9-21(29)16-25(20)30)27(35)18-34(23-12-6-19(3)7-13-23)39(37,38)24-14-10-22(31)11-15-24/h6-16,26H,4-5,17-18H2,1-3H3,(H,32,36). The van der Waals surface area contributed by atoms with Crippen molar-refractivity contribution in [3.05, 3.63) is 93.7 Å². The van der Waals surface area contributed by atoms with E-state index in [4.69, 9.17) is 23.2 Å². The zero-order valence-corrected chi connectivity index (χ0v) is 24.2. The molecule has 0 aliphatic rings. The van der Waals surface area contributed by atoms with Crippen molar-refractivity contribution in [2.24, 2.45) is 0 Å². The maximum Gasteiger partial charge on any atom is 0.264 e. The number of nitrogens with zero attached hydrogens (tertiary/aromatic N) is 2. The fourth-order valence-corrected chi connectivity index (χ4v) is 5.90. The molecule has 7 nitrogen and oxygen atoms in total. The molecular weight excluding hydrogens is 564 g/mol. The highest BCUT2D eigenvalue weighted by Gasteiger charge is 2.33. The molecule has 2 amide bonds. The van der Waals surface area contributed by atoms with Gasteiger partial charge in [-0.05, 0) is 74.4 Å². The van der Waals surface area contributed by atoms with Crippen LogP contribution < -0.4 is 9.62 Å². The van der Waals surface area contributed by atoms with Crippen LogP contribution >= 0.6 is 23.2 Å². The van der Waals surface area contributed by atoms with Gasteiger partial charge in [0, 0.05) is 23.1 Å². The largest absolute Gasteiger partial charge is 0.355 e. The summed E-state index contributed by atoms with van der Waals surface area (Å²) < 4.78 is 42.0. The molecule has 3 aromatic rings. The lowest BCUT2D eigenvalue weighted by atomic mass is 10.1. The van der Waals surface area contributed by atoms with Crippen LogP contribution in [0.15, 0.2) is 71.6 Å². The third kappa shape index (κ3) is 7.50. The third-order valence-electron chi connectivity index (χ3n) is 6.10. The number of anilines is 1. The van der Waals surface area contributed by atoms with E-state index in [1.807, 2.05) is 6.92 Å². The summed E-state index contributed by atoms with van der Waals surface area (Å²) in [4.78, 5) is 28.0. The van der Waals surface area contributed by atoms with E-state index in [0.717, 1.165) is 34.1 Å². The minimum absolute atomic E-state index is 0.0528. The number of amides is 2. The van der Waals surface area contributed by atoms with E-state index in [9.17, 15) is 22.4 Å². The van der Waals surface area contributed by atoms with Gasteiger partial charge in [0.15, 0.2) is 0 Å². The summed E-state index contributed by atoms with van der Waals surface area (Å²) >= 11 is 12.4. The van der Waals surface area contributed by atoms with E-state index in [-0.39, 0.29) is 29.5 Å². The molecule has 0 aromatic heterocycles. The molecule has 3 rings (SSSR count). The maximum atomic E-state index is 13.9. The van der Waals surface area contributed by atoms with Crippen LogP contribution in [0.4, 0.5) is 10.1 Å². The summed E-state index contributed by atoms with van der Waals surface area (Å²) in [5, 5.41) is 3.46. The summed E-state index contributed by atoms with van der Waals surface area (Å²) in [6.07, 6.45) is 0.276. The van der Waals surface area contributed by atoms with Gasteiger partial charge in [-0.15, -0.1) is 0 Å². The van der Waals surface area contributed by atoms with Crippen molar-refractivity contribution < 1.29 is 22.4 Å². The van der Waals surface area contributed by atoms with Crippen molar-refractivity contribution in [2.45, 2.75) is 44.7 Å². The van der Waals surface area contributed by atoms with Crippen molar-refractivity contribution in [1.29, 1.82) is 0 Å². The van der Waals surface area contributed by atoms with Crippen LogP contribution in [0, 0.1) is 12.7 Å². The Labute approximate surface area is 238 Å². The number of likely N-dealkylation sites (N-methyl/N-ethyl adjacent to an activating group) is 1. The fourth-order valence-electron chi connectivity index (χ4n) is 4.02. The Kier molecular flexibility index (Phi) is 10.4. The Balaban J connectivity index is 2.07. The van der Waals surface area contributed by atoms with Gasteiger partial charge in [0.2, 0.25) is 11.8 Å². The first-order valence-electron chi connectivity index (χ1n) is 12.3. The second-order valence-electron chi connectivity index (χ2n) is 8.88. The normalized spacial score (nSPS) is 12.1. The number of halogens is 3. The van der Waals surface area contributed by atoms with Crippen molar-refractivity contribution in [3.8, 4) is 0 Å². The Hall–Kier alpha value is -3.14. The van der Waals surface area contributed by atoms with Gasteiger partial charge in [0.1, 0.15) is 18.4 Å². The second kappa shape index (κ2) is 13.3. The molecule has 0 radical (unpaired) electrons. The SMILES string of the molecule is CCNC(=O)C(CC)N(Cc1ccc(Cl)cc1Cl)C(=O)CN(c1ccc(C)cc1)S(=O)(=O)c1ccc(F)cc1. The number of carbonyl (C=O) groups is 2. The number of rotatable bonds is 11. The molecule has 208 valence electrons. The number of hydrogen-bond donors (Lipinski definition) is 1. The van der Waals surface area contributed by atoms with E-state index in [2.05, 4.69) is 5.32 Å². The van der Waals surface area contributed by atoms with Crippen LogP contribution in [0.2, 0.25) is 10.0 Å². The number of benzene rings is 3. The second-order valence-corrected chi connectivity index (χ2v) is 11.6. The lowest BCUT2D eigenvalue weighted by molar-refractivity contribution is -0.140. The number of carbonyl (C=O) groups excluding carboxylic acids is 2. The molecule has 3 aromatic carbocycles. The van der Waals surface area contributed by atoms with Gasteiger partial charge in [-0.3, -0.25) is 13.9 Å². The van der Waals surface area contributed by atoms with Gasteiger partial charge in [-0.25, -0.2) is 12.8 Å². The Morgan fingerprint density at radius 1 is 0.974 bits per heavy atom. The molecule has 0 aliphatic heterocycles. The number of hydrogen-bond acceptors (Lipinski definition) is 4. The number of sulfonamides is 1. The Morgan fingerprint density at radius 3 is 2.18 bits per heavy atom. The lowest BCUT2D eigenvalue weighted by Crippen LogP contribution is -2.52. The van der Waals surface area contributed by atoms with E-state index in [1.54, 1.807) is 50.2 Å². The van der Waals surface area contributed by atoms with Crippen molar-refractivity contribution in [3.63, 3.8) is 0 Å². The molecule has 1 atom stereocenters. The molecule has 39 heavy (non-hydrogen) atoms. The van der Waals surface area contributed by atoms with Crippen LogP contribution in [0.1, 0.15) is 31.4 Å². The quantitative estimate of drug-likeness (QED) is 0.314. The average Bonchev–Trinajstić information content (AvgIpc) is 2.89. The van der Waals surface area contributed by atoms with E-state index in [0.29, 0.717) is 22.2 Å². The fraction of sp³-hybridized carbons (Fsp3) is 0.286. The third-order valence-corrected chi connectivity index (χ3v) is 8.47. The van der Waals surface area contributed by atoms with Crippen LogP contribution in [-0.4, -0.2) is 44.3 Å². The van der Waals surface area contributed by atoms with Crippen LogP contribution in [0.5, 0.6) is 0 Å². The molecule has 1 unspecified atom stereocenters. The minimum Gasteiger partial charge on any atom is -0.355 e. The molecule has 0 spiro atoms. The van der Waals surface area contributed by atoms with Gasteiger partial charge in [-0.2, -0.15) is 0 Å². The molecule has 0 aliphatic carbocycles. The smallest absolute Gasteiger partial charge is 0.264 e. The van der Waals surface area contributed by atoms with Crippen molar-refractivity contribution >= 4 is 50.7 Å². The molecule has 0 saturated heterocycles. The first-order valence-corrected chi connectivity index (χ1v) is 14.5. The first kappa shape index (κ1) is 30.4. The molecular formula is C28H30Cl2FN3O4S. The van der Waals surface area contributed by atoms with Gasteiger partial charge < -0.3 is 10.2 Å². The molecule has 11 heteroatoms. The van der Waals surface area contributed by atoms with Crippen LogP contribution in [0.3, 0.4) is 0 Å². The van der Waals surface area contributed by atoms with Gasteiger partial charge >= 0.3 is 0 Å². The van der Waals surface area contributed by atoms with Crippen LogP contribution in [-0.2, 0) is 26.2 Å². The lowest BCUT2D eigenvalue weighted by Gasteiger charge is -2.33. The summed E-state index contributed by atoms with van der Waals surface area (Å²) in [5.74, 6) is -1.59. The molecule has 0 heterocycles. The number of nitrogens with one attached hydrogen (secondary N) is 1. The van der Waals surface area contributed by atoms with E-state index >= 15 is 0 Å². The Morgan fingerprint density at radius 2 is 1.62 bits per heavy atom. The van der Waals surface area contributed by atoms with Gasteiger partial charge in [0.25, 0.3) is 10.0 Å². The molecule has 0 fully saturated rings. The summed E-state index contributed by atoms with van der Waals surface area (Å²) in [6.45, 7) is 5.07. The summed E-state index contributed by atoms with van der Waals surface area (Å²) in [7, 11) is -4.29. The zero-order chi connectivity index (χ0) is 28.7. The molecule has 0 bridgehead atoms. The summed E-state index contributed by atoms with van der Waals surface area (Å²) in [6, 6.07) is 14.9. The maximum absolute atomic E-state index is 13.9. The van der Waals surface area contributed by atoms with Gasteiger partial charge in [-0.1, -0.05) is 53.9 Å². The topological polar surface area (TPSA) is 86.8 Å². The van der Waals surface area contributed by atoms with Crippen molar-refractivity contribution in [2.75, 3.05) is 17.4 Å². The summed E-state index contributed by atoms with van der Waals surface area (Å²) in [5.41, 5.74) is 1.68. The minimum atomic E-state index is -4.29. The predicted octanol–water partition coefficient (Wildman–Crippen LogP) is 5.58. The average molecular weight is 595 g/mol. The zero-order valence-electron chi connectivity index (χ0n) is 21.8. The highest BCUT2D eigenvalue weighted by atomic mass is 35.5. The predicted molar refractivity (Wildman–Crippen MR) is 152 cm³/mol. The Bertz CT molecular complexity index is 1420. The molecule has 0 saturated carbocycles. The monoisotopic (exact) mass is 593 g/mol. The van der Waals surface area contributed by atoms with E-state index in [1.165, 1.54) is 11.0 Å². The van der Waals surface area contributed by atoms with Gasteiger partial charge in [0.05, 0.1) is 10.6 Å². The highest BCUT2D eigenvalue weighted by Crippen LogP contribution is 2.27. The number of aryl methyl sites for hydroxylation is 1. The first-order chi connectivity index (χ1) is 18.5. The molecule has 1 N–H and O–H groups in total. The van der Waals surface area contributed by atoms with E-state index < -0.39 is 34.3 Å².